The summed E-state index contributed by atoms with van der Waals surface area (Å²) >= 11 is 0. The van der Waals surface area contributed by atoms with Crippen molar-refractivity contribution in [1.82, 2.24) is 0 Å². The van der Waals surface area contributed by atoms with Crippen LogP contribution in [0.5, 0.6) is 5.75 Å². The lowest BCUT2D eigenvalue weighted by Gasteiger charge is -2.08. The number of carbonyl (C=O) groups is 1. The van der Waals surface area contributed by atoms with Crippen molar-refractivity contribution in [2.45, 2.75) is 26.7 Å². The molecule has 0 saturated carbocycles. The van der Waals surface area contributed by atoms with Crippen LogP contribution >= 0.6 is 0 Å². The van der Waals surface area contributed by atoms with Gasteiger partial charge in [0.05, 0.1) is 19.6 Å². The molecule has 2 rings (SSSR count). The fourth-order valence-electron chi connectivity index (χ4n) is 2.43. The first-order chi connectivity index (χ1) is 9.17. The highest BCUT2D eigenvalue weighted by Crippen LogP contribution is 2.37. The number of ether oxygens (including phenoxy) is 2. The third-order valence-electron chi connectivity index (χ3n) is 3.33. The van der Waals surface area contributed by atoms with Gasteiger partial charge in [0.25, 0.3) is 5.76 Å². The van der Waals surface area contributed by atoms with Crippen molar-refractivity contribution in [3.05, 3.63) is 29.0 Å². The number of fused-ring (bicyclic) bond motifs is 1. The van der Waals surface area contributed by atoms with E-state index >= 15 is 0 Å². The van der Waals surface area contributed by atoms with Gasteiger partial charge in [-0.15, -0.1) is 0 Å². The SMILES string of the molecule is CCc1ccc2oc(C(=O)OC)c(OC)c2c1CC. The molecule has 0 unspecified atom stereocenters. The highest BCUT2D eigenvalue weighted by atomic mass is 16.5. The van der Waals surface area contributed by atoms with E-state index in [1.54, 1.807) is 0 Å². The Bertz CT molecular complexity index is 610. The number of hydrogen-bond donors (Lipinski definition) is 0. The molecule has 0 aliphatic carbocycles. The van der Waals surface area contributed by atoms with Crippen molar-refractivity contribution >= 4 is 16.9 Å². The summed E-state index contributed by atoms with van der Waals surface area (Å²) in [4.78, 5) is 11.7. The lowest BCUT2D eigenvalue weighted by molar-refractivity contribution is 0.0563. The van der Waals surface area contributed by atoms with E-state index in [1.165, 1.54) is 19.8 Å². The van der Waals surface area contributed by atoms with Crippen LogP contribution in [0.1, 0.15) is 35.5 Å². The maximum atomic E-state index is 11.7. The number of hydrogen-bond acceptors (Lipinski definition) is 4. The van der Waals surface area contributed by atoms with Gasteiger partial charge in [0.2, 0.25) is 0 Å². The molecule has 4 nitrogen and oxygen atoms in total. The van der Waals surface area contributed by atoms with Gasteiger partial charge < -0.3 is 13.9 Å². The summed E-state index contributed by atoms with van der Waals surface area (Å²) in [6.45, 7) is 4.19. The summed E-state index contributed by atoms with van der Waals surface area (Å²) in [6.07, 6.45) is 1.79. The molecule has 0 fully saturated rings. The third-order valence-corrected chi connectivity index (χ3v) is 3.33. The number of aryl methyl sites for hydroxylation is 2. The van der Waals surface area contributed by atoms with Crippen LogP contribution in [-0.2, 0) is 17.6 Å². The number of rotatable bonds is 4. The summed E-state index contributed by atoms with van der Waals surface area (Å²) < 4.78 is 15.7. The first-order valence-electron chi connectivity index (χ1n) is 6.37. The minimum absolute atomic E-state index is 0.128. The fraction of sp³-hybridized carbons (Fsp3) is 0.400. The van der Waals surface area contributed by atoms with Crippen LogP contribution in [0.2, 0.25) is 0 Å². The summed E-state index contributed by atoms with van der Waals surface area (Å²) in [7, 11) is 2.86. The molecular formula is C15H18O4. The molecular weight excluding hydrogens is 244 g/mol. The van der Waals surface area contributed by atoms with Gasteiger partial charge in [-0.2, -0.15) is 0 Å². The Kier molecular flexibility index (Phi) is 3.79. The summed E-state index contributed by atoms with van der Waals surface area (Å²) in [6, 6.07) is 3.91. The summed E-state index contributed by atoms with van der Waals surface area (Å²) in [5, 5.41) is 0.879. The Balaban J connectivity index is 2.80. The Hall–Kier alpha value is -1.97. The number of methoxy groups -OCH3 is 2. The minimum atomic E-state index is -0.520. The van der Waals surface area contributed by atoms with Crippen LogP contribution in [0.3, 0.4) is 0 Å². The van der Waals surface area contributed by atoms with Gasteiger partial charge in [0.15, 0.2) is 5.75 Å². The van der Waals surface area contributed by atoms with Gasteiger partial charge in [-0.25, -0.2) is 4.79 Å². The average molecular weight is 262 g/mol. The maximum Gasteiger partial charge on any atom is 0.377 e. The fourth-order valence-corrected chi connectivity index (χ4v) is 2.43. The molecule has 0 radical (unpaired) electrons. The van der Waals surface area contributed by atoms with Gasteiger partial charge in [0.1, 0.15) is 5.58 Å². The van der Waals surface area contributed by atoms with Crippen LogP contribution in [0.25, 0.3) is 11.0 Å². The Morgan fingerprint density at radius 1 is 1.21 bits per heavy atom. The highest BCUT2D eigenvalue weighted by Gasteiger charge is 2.24. The predicted molar refractivity (Wildman–Crippen MR) is 72.9 cm³/mol. The molecule has 0 amide bonds. The Labute approximate surface area is 112 Å². The Morgan fingerprint density at radius 3 is 2.47 bits per heavy atom. The van der Waals surface area contributed by atoms with E-state index in [0.29, 0.717) is 11.3 Å². The van der Waals surface area contributed by atoms with Gasteiger partial charge in [-0.1, -0.05) is 19.9 Å². The minimum Gasteiger partial charge on any atom is -0.492 e. The van der Waals surface area contributed by atoms with Crippen LogP contribution in [0.4, 0.5) is 0 Å². The van der Waals surface area contributed by atoms with Crippen LogP contribution in [0.15, 0.2) is 16.5 Å². The molecule has 0 saturated heterocycles. The van der Waals surface area contributed by atoms with Crippen molar-refractivity contribution in [3.8, 4) is 5.75 Å². The van der Waals surface area contributed by atoms with Crippen molar-refractivity contribution < 1.29 is 18.7 Å². The third kappa shape index (κ3) is 2.07. The van der Waals surface area contributed by atoms with Gasteiger partial charge in [-0.3, -0.25) is 0 Å². The second kappa shape index (κ2) is 5.34. The van der Waals surface area contributed by atoms with Crippen LogP contribution in [-0.4, -0.2) is 20.2 Å². The van der Waals surface area contributed by atoms with Gasteiger partial charge >= 0.3 is 5.97 Å². The molecule has 0 N–H and O–H groups in total. The number of esters is 1. The Morgan fingerprint density at radius 2 is 1.95 bits per heavy atom. The maximum absolute atomic E-state index is 11.7. The molecule has 0 aliphatic rings. The van der Waals surface area contributed by atoms with Crippen molar-refractivity contribution in [3.63, 3.8) is 0 Å². The molecule has 19 heavy (non-hydrogen) atoms. The van der Waals surface area contributed by atoms with E-state index in [4.69, 9.17) is 13.9 Å². The quantitative estimate of drug-likeness (QED) is 0.793. The molecule has 2 aromatic rings. The second-order valence-electron chi connectivity index (χ2n) is 4.24. The van der Waals surface area contributed by atoms with Crippen LogP contribution < -0.4 is 4.74 Å². The molecule has 1 aromatic heterocycles. The zero-order valence-electron chi connectivity index (χ0n) is 11.7. The van der Waals surface area contributed by atoms with Crippen molar-refractivity contribution in [1.29, 1.82) is 0 Å². The smallest absolute Gasteiger partial charge is 0.377 e. The van der Waals surface area contributed by atoms with Gasteiger partial charge in [0, 0.05) is 0 Å². The molecule has 1 aromatic carbocycles. The normalized spacial score (nSPS) is 10.7. The summed E-state index contributed by atoms with van der Waals surface area (Å²) in [5.74, 6) is 0.0742. The number of furan rings is 1. The lowest BCUT2D eigenvalue weighted by atomic mass is 9.98. The molecule has 0 bridgehead atoms. The topological polar surface area (TPSA) is 48.7 Å². The van der Waals surface area contributed by atoms with Crippen molar-refractivity contribution in [2.24, 2.45) is 0 Å². The zero-order chi connectivity index (χ0) is 14.0. The predicted octanol–water partition coefficient (Wildman–Crippen LogP) is 3.35. The standard InChI is InChI=1S/C15H18O4/c1-5-9-7-8-11-12(10(9)6-2)13(17-3)14(19-11)15(16)18-4/h7-8H,5-6H2,1-4H3. The van der Waals surface area contributed by atoms with E-state index in [0.717, 1.165) is 23.8 Å². The largest absolute Gasteiger partial charge is 0.492 e. The zero-order valence-corrected chi connectivity index (χ0v) is 11.7. The van der Waals surface area contributed by atoms with Gasteiger partial charge in [-0.05, 0) is 30.0 Å². The van der Waals surface area contributed by atoms with Crippen LogP contribution in [0, 0.1) is 0 Å². The molecule has 1 heterocycles. The first kappa shape index (κ1) is 13.5. The van der Waals surface area contributed by atoms with E-state index in [9.17, 15) is 4.79 Å². The molecule has 4 heteroatoms. The van der Waals surface area contributed by atoms with Crippen molar-refractivity contribution in [2.75, 3.05) is 14.2 Å². The lowest BCUT2D eigenvalue weighted by Crippen LogP contribution is -2.01. The molecule has 0 spiro atoms. The second-order valence-corrected chi connectivity index (χ2v) is 4.24. The molecule has 102 valence electrons. The molecule has 0 aliphatic heterocycles. The monoisotopic (exact) mass is 262 g/mol. The average Bonchev–Trinajstić information content (AvgIpc) is 2.83. The van der Waals surface area contributed by atoms with E-state index in [2.05, 4.69) is 13.8 Å². The van der Waals surface area contributed by atoms with E-state index in [-0.39, 0.29) is 5.76 Å². The van der Waals surface area contributed by atoms with E-state index < -0.39 is 5.97 Å². The molecule has 0 atom stereocenters. The first-order valence-corrected chi connectivity index (χ1v) is 6.37. The summed E-state index contributed by atoms with van der Waals surface area (Å²) in [5.41, 5.74) is 3.06. The number of carbonyl (C=O) groups excluding carboxylic acids is 1. The highest BCUT2D eigenvalue weighted by molar-refractivity contribution is 6.00. The number of benzene rings is 1. The van der Waals surface area contributed by atoms with E-state index in [1.807, 2.05) is 12.1 Å².